The standard InChI is InChI=1S/C6H7N5/c1-4-5-6(9-2-8-5)10-3-11(4)7/h2-3H,7H2,1H3. The lowest BCUT2D eigenvalue weighted by atomic mass is 10.3. The molecule has 0 unspecified atom stereocenters. The fourth-order valence-electron chi connectivity index (χ4n) is 0.936. The molecule has 0 spiro atoms. The van der Waals surface area contributed by atoms with Gasteiger partial charge in [-0.05, 0) is 6.92 Å². The lowest BCUT2D eigenvalue weighted by molar-refractivity contribution is 0.878. The molecule has 0 saturated heterocycles. The van der Waals surface area contributed by atoms with Gasteiger partial charge in [-0.1, -0.05) is 0 Å². The molecule has 0 aromatic carbocycles. The van der Waals surface area contributed by atoms with Gasteiger partial charge in [-0.15, -0.1) is 0 Å². The summed E-state index contributed by atoms with van der Waals surface area (Å²) in [6.07, 6.45) is 3.00. The van der Waals surface area contributed by atoms with Crippen molar-refractivity contribution < 1.29 is 0 Å². The Bertz CT molecular complexity index is 352. The van der Waals surface area contributed by atoms with Crippen LogP contribution in [-0.4, -0.2) is 19.6 Å². The van der Waals surface area contributed by atoms with Crippen LogP contribution in [0.2, 0.25) is 0 Å². The average Bonchev–Trinajstić information content (AvgIpc) is 2.45. The van der Waals surface area contributed by atoms with E-state index in [1.54, 1.807) is 0 Å². The minimum atomic E-state index is 0.643. The van der Waals surface area contributed by atoms with E-state index in [-0.39, 0.29) is 0 Å². The Morgan fingerprint density at radius 2 is 2.18 bits per heavy atom. The minimum Gasteiger partial charge on any atom is -0.338 e. The third-order valence-corrected chi connectivity index (χ3v) is 1.61. The quantitative estimate of drug-likeness (QED) is 0.526. The fourth-order valence-corrected chi connectivity index (χ4v) is 0.936. The highest BCUT2D eigenvalue weighted by atomic mass is 15.3. The normalized spacial score (nSPS) is 10.6. The number of aromatic nitrogens is 4. The summed E-state index contributed by atoms with van der Waals surface area (Å²) in [6, 6.07) is 0. The van der Waals surface area contributed by atoms with Crippen LogP contribution in [-0.2, 0) is 0 Å². The summed E-state index contributed by atoms with van der Waals surface area (Å²) in [7, 11) is 0. The molecule has 56 valence electrons. The molecular weight excluding hydrogens is 142 g/mol. The monoisotopic (exact) mass is 149 g/mol. The second-order valence-electron chi connectivity index (χ2n) is 2.28. The first-order chi connectivity index (χ1) is 5.29. The molecule has 5 heteroatoms. The van der Waals surface area contributed by atoms with Gasteiger partial charge < -0.3 is 5.84 Å². The van der Waals surface area contributed by atoms with E-state index in [1.165, 1.54) is 17.3 Å². The van der Waals surface area contributed by atoms with E-state index in [0.717, 1.165) is 11.4 Å². The molecule has 0 amide bonds. The lowest BCUT2D eigenvalue weighted by Crippen LogP contribution is -2.14. The Morgan fingerprint density at radius 3 is 3.00 bits per heavy atom. The van der Waals surface area contributed by atoms with Gasteiger partial charge in [0.25, 0.3) is 0 Å². The van der Waals surface area contributed by atoms with Crippen LogP contribution in [0.4, 0.5) is 0 Å². The Balaban J connectivity index is 2.81. The molecule has 2 aliphatic heterocycles. The van der Waals surface area contributed by atoms with Gasteiger partial charge in [0, 0.05) is 0 Å². The zero-order chi connectivity index (χ0) is 7.84. The summed E-state index contributed by atoms with van der Waals surface area (Å²) in [4.78, 5) is 11.9. The first-order valence-corrected chi connectivity index (χ1v) is 3.19. The summed E-state index contributed by atoms with van der Waals surface area (Å²) in [5.41, 5.74) is 1.63. The maximum Gasteiger partial charge on any atom is 0.183 e. The van der Waals surface area contributed by atoms with Gasteiger partial charge in [-0.3, -0.25) is 4.68 Å². The van der Waals surface area contributed by atoms with Gasteiger partial charge in [0.2, 0.25) is 0 Å². The second kappa shape index (κ2) is 1.91. The first kappa shape index (κ1) is 6.09. The van der Waals surface area contributed by atoms with E-state index < -0.39 is 0 Å². The molecule has 0 atom stereocenters. The van der Waals surface area contributed by atoms with Crippen LogP contribution < -0.4 is 5.84 Å². The van der Waals surface area contributed by atoms with Gasteiger partial charge in [0.15, 0.2) is 5.82 Å². The minimum absolute atomic E-state index is 0.643. The molecule has 2 aliphatic rings. The van der Waals surface area contributed by atoms with Crippen LogP contribution in [0, 0.1) is 6.92 Å². The van der Waals surface area contributed by atoms with Crippen molar-refractivity contribution in [2.75, 3.05) is 5.84 Å². The number of hydrogen-bond acceptors (Lipinski definition) is 4. The Labute approximate surface area is 63.2 Å². The lowest BCUT2D eigenvalue weighted by Gasteiger charge is -2.04. The number of nitrogen functional groups attached to an aromatic ring is 1. The molecule has 2 N–H and O–H groups in total. The summed E-state index contributed by atoms with van der Waals surface area (Å²) in [5.74, 6) is 6.17. The maximum absolute atomic E-state index is 5.53. The van der Waals surface area contributed by atoms with Crippen molar-refractivity contribution in [3.63, 3.8) is 0 Å². The molecule has 0 radical (unpaired) electrons. The molecule has 0 aromatic heterocycles. The second-order valence-corrected chi connectivity index (χ2v) is 2.28. The van der Waals surface area contributed by atoms with Crippen LogP contribution in [0.3, 0.4) is 0 Å². The molecule has 0 bridgehead atoms. The topological polar surface area (TPSA) is 69.6 Å². The van der Waals surface area contributed by atoms with Crippen LogP contribution in [0.25, 0.3) is 11.5 Å². The van der Waals surface area contributed by atoms with Crippen LogP contribution >= 0.6 is 0 Å². The highest BCUT2D eigenvalue weighted by Crippen LogP contribution is 2.15. The van der Waals surface area contributed by atoms with Crippen molar-refractivity contribution in [3.05, 3.63) is 18.3 Å². The number of rotatable bonds is 0. The Hall–Kier alpha value is -1.65. The van der Waals surface area contributed by atoms with Gasteiger partial charge in [0.05, 0.1) is 5.69 Å². The molecule has 0 aromatic rings. The summed E-state index contributed by atoms with van der Waals surface area (Å²) in [5, 5.41) is 0. The van der Waals surface area contributed by atoms with Crippen molar-refractivity contribution in [3.8, 4) is 11.5 Å². The molecule has 0 fully saturated rings. The van der Waals surface area contributed by atoms with Gasteiger partial charge in [-0.2, -0.15) is 0 Å². The van der Waals surface area contributed by atoms with Crippen LogP contribution in [0.15, 0.2) is 12.7 Å². The van der Waals surface area contributed by atoms with E-state index in [9.17, 15) is 0 Å². The summed E-state index contributed by atoms with van der Waals surface area (Å²) < 4.78 is 1.43. The molecule has 5 nitrogen and oxygen atoms in total. The van der Waals surface area contributed by atoms with E-state index >= 15 is 0 Å². The molecule has 11 heavy (non-hydrogen) atoms. The Morgan fingerprint density at radius 1 is 1.36 bits per heavy atom. The number of nitrogens with zero attached hydrogens (tertiary/aromatic N) is 4. The number of nitrogens with two attached hydrogens (primary N) is 1. The molecule has 0 aliphatic carbocycles. The van der Waals surface area contributed by atoms with Gasteiger partial charge in [-0.25, -0.2) is 15.0 Å². The van der Waals surface area contributed by atoms with E-state index in [4.69, 9.17) is 5.84 Å². The van der Waals surface area contributed by atoms with E-state index in [2.05, 4.69) is 15.0 Å². The number of fused-ring (bicyclic) bond motifs is 1. The molecule has 2 heterocycles. The van der Waals surface area contributed by atoms with Crippen molar-refractivity contribution in [1.82, 2.24) is 19.6 Å². The van der Waals surface area contributed by atoms with E-state index in [0.29, 0.717) is 5.82 Å². The average molecular weight is 149 g/mol. The number of hydrogen-bond donors (Lipinski definition) is 1. The zero-order valence-corrected chi connectivity index (χ0v) is 6.02. The summed E-state index contributed by atoms with van der Waals surface area (Å²) >= 11 is 0. The van der Waals surface area contributed by atoms with Crippen molar-refractivity contribution >= 4 is 0 Å². The number of imidazole rings is 1. The highest BCUT2D eigenvalue weighted by molar-refractivity contribution is 5.52. The van der Waals surface area contributed by atoms with Crippen molar-refractivity contribution in [2.24, 2.45) is 0 Å². The largest absolute Gasteiger partial charge is 0.338 e. The predicted octanol–water partition coefficient (Wildman–Crippen LogP) is -0.200. The first-order valence-electron chi connectivity index (χ1n) is 3.19. The third-order valence-electron chi connectivity index (χ3n) is 1.61. The van der Waals surface area contributed by atoms with Gasteiger partial charge in [0.1, 0.15) is 18.3 Å². The fraction of sp³-hybridized carbons (Fsp3) is 0.167. The molecule has 0 saturated carbocycles. The zero-order valence-electron chi connectivity index (χ0n) is 6.02. The molecule has 2 rings (SSSR count). The maximum atomic E-state index is 5.53. The smallest absolute Gasteiger partial charge is 0.183 e. The van der Waals surface area contributed by atoms with E-state index in [1.807, 2.05) is 6.92 Å². The van der Waals surface area contributed by atoms with Crippen LogP contribution in [0.5, 0.6) is 0 Å². The van der Waals surface area contributed by atoms with Crippen molar-refractivity contribution in [1.29, 1.82) is 0 Å². The highest BCUT2D eigenvalue weighted by Gasteiger charge is 2.10. The summed E-state index contributed by atoms with van der Waals surface area (Å²) in [6.45, 7) is 1.87. The predicted molar refractivity (Wildman–Crippen MR) is 39.3 cm³/mol. The van der Waals surface area contributed by atoms with Gasteiger partial charge >= 0.3 is 0 Å². The van der Waals surface area contributed by atoms with Crippen molar-refractivity contribution in [2.45, 2.75) is 6.92 Å². The SMILES string of the molecule is Cc1c2ncnc-2ncn1N. The third kappa shape index (κ3) is 0.739. The Kier molecular flexibility index (Phi) is 1.06. The molecular formula is C6H7N5. The van der Waals surface area contributed by atoms with Crippen LogP contribution in [0.1, 0.15) is 5.69 Å².